The van der Waals surface area contributed by atoms with E-state index >= 15 is 0 Å². The minimum absolute atomic E-state index is 0.196. The topological polar surface area (TPSA) is 72.1 Å². The molecule has 0 aliphatic carbocycles. The fourth-order valence-corrected chi connectivity index (χ4v) is 3.14. The number of carbonyl (C=O) groups excluding carboxylic acids is 1. The first-order valence-electron chi connectivity index (χ1n) is 6.36. The van der Waals surface area contributed by atoms with E-state index in [0.29, 0.717) is 23.4 Å². The van der Waals surface area contributed by atoms with Crippen molar-refractivity contribution in [1.82, 2.24) is 14.9 Å². The molecule has 0 aliphatic heterocycles. The number of thiophene rings is 1. The van der Waals surface area contributed by atoms with Crippen LogP contribution in [0.1, 0.15) is 19.7 Å². The van der Waals surface area contributed by atoms with Gasteiger partial charge in [0.15, 0.2) is 0 Å². The Labute approximate surface area is 126 Å². The smallest absolute Gasteiger partial charge is 0.231 e. The zero-order valence-corrected chi connectivity index (χ0v) is 13.0. The molecule has 2 aromatic rings. The normalized spacial score (nSPS) is 11.7. The number of amides is 1. The monoisotopic (exact) mass is 312 g/mol. The minimum Gasteiger partial charge on any atom is -0.369 e. The van der Waals surface area contributed by atoms with Crippen molar-refractivity contribution >= 4 is 39.1 Å². The van der Waals surface area contributed by atoms with Gasteiger partial charge in [-0.3, -0.25) is 9.69 Å². The van der Waals surface area contributed by atoms with Crippen LogP contribution in [0.2, 0.25) is 5.15 Å². The Morgan fingerprint density at radius 3 is 2.90 bits per heavy atom. The van der Waals surface area contributed by atoms with Gasteiger partial charge >= 0.3 is 0 Å². The Morgan fingerprint density at radius 1 is 1.50 bits per heavy atom. The maximum absolute atomic E-state index is 11.1. The number of carbonyl (C=O) groups is 1. The van der Waals surface area contributed by atoms with Crippen molar-refractivity contribution in [2.75, 3.05) is 13.1 Å². The predicted molar refractivity (Wildman–Crippen MR) is 81.7 cm³/mol. The van der Waals surface area contributed by atoms with E-state index in [1.807, 2.05) is 16.3 Å². The molecule has 0 spiro atoms. The summed E-state index contributed by atoms with van der Waals surface area (Å²) in [5.41, 5.74) is 5.28. The highest BCUT2D eigenvalue weighted by Crippen LogP contribution is 2.25. The summed E-state index contributed by atoms with van der Waals surface area (Å²) < 4.78 is 0. The van der Waals surface area contributed by atoms with Gasteiger partial charge in [-0.1, -0.05) is 25.4 Å². The van der Waals surface area contributed by atoms with E-state index in [-0.39, 0.29) is 12.5 Å². The van der Waals surface area contributed by atoms with Crippen molar-refractivity contribution in [3.05, 3.63) is 22.4 Å². The lowest BCUT2D eigenvalue weighted by molar-refractivity contribution is -0.119. The molecule has 20 heavy (non-hydrogen) atoms. The number of halogens is 1. The van der Waals surface area contributed by atoms with E-state index in [1.165, 1.54) is 11.3 Å². The highest BCUT2D eigenvalue weighted by Gasteiger charge is 2.14. The summed E-state index contributed by atoms with van der Waals surface area (Å²) in [7, 11) is 0. The highest BCUT2D eigenvalue weighted by molar-refractivity contribution is 7.16. The van der Waals surface area contributed by atoms with E-state index in [9.17, 15) is 4.79 Å². The second-order valence-electron chi connectivity index (χ2n) is 5.10. The number of hydrogen-bond acceptors (Lipinski definition) is 5. The Balaban J connectivity index is 2.20. The van der Waals surface area contributed by atoms with Gasteiger partial charge in [0, 0.05) is 11.9 Å². The molecule has 0 atom stereocenters. The second kappa shape index (κ2) is 6.47. The number of fused-ring (bicyclic) bond motifs is 1. The van der Waals surface area contributed by atoms with E-state index in [4.69, 9.17) is 17.3 Å². The van der Waals surface area contributed by atoms with Crippen LogP contribution in [0.15, 0.2) is 11.4 Å². The highest BCUT2D eigenvalue weighted by atomic mass is 35.5. The molecular weight excluding hydrogens is 296 g/mol. The molecule has 0 aromatic carbocycles. The molecule has 108 valence electrons. The van der Waals surface area contributed by atoms with Gasteiger partial charge in [0.1, 0.15) is 15.8 Å². The van der Waals surface area contributed by atoms with Crippen LogP contribution in [-0.4, -0.2) is 33.9 Å². The average Bonchev–Trinajstić information content (AvgIpc) is 2.75. The van der Waals surface area contributed by atoms with Crippen molar-refractivity contribution in [3.63, 3.8) is 0 Å². The van der Waals surface area contributed by atoms with Crippen LogP contribution < -0.4 is 5.73 Å². The lowest BCUT2D eigenvalue weighted by Gasteiger charge is -2.21. The number of hydrogen-bond donors (Lipinski definition) is 1. The van der Waals surface area contributed by atoms with Crippen LogP contribution in [0.4, 0.5) is 0 Å². The maximum Gasteiger partial charge on any atom is 0.231 e. The first-order chi connectivity index (χ1) is 9.45. The number of primary amides is 1. The van der Waals surface area contributed by atoms with Crippen molar-refractivity contribution in [1.29, 1.82) is 0 Å². The molecule has 0 bridgehead atoms. The zero-order valence-electron chi connectivity index (χ0n) is 11.5. The molecule has 0 radical (unpaired) electrons. The Bertz CT molecular complexity index is 613. The van der Waals surface area contributed by atoms with Crippen LogP contribution >= 0.6 is 22.9 Å². The first kappa shape index (κ1) is 15.2. The van der Waals surface area contributed by atoms with Crippen LogP contribution in [0.3, 0.4) is 0 Å². The zero-order chi connectivity index (χ0) is 14.7. The standard InChI is InChI=1S/C13H17ClN4OS/c1-8(2)5-18(6-10(15)19)7-11-16-12(14)9-3-4-20-13(9)17-11/h3-4,8H,5-7H2,1-2H3,(H2,15,19). The van der Waals surface area contributed by atoms with Gasteiger partial charge in [-0.05, 0) is 17.4 Å². The summed E-state index contributed by atoms with van der Waals surface area (Å²) in [6, 6.07) is 1.90. The van der Waals surface area contributed by atoms with Crippen LogP contribution in [0, 0.1) is 5.92 Å². The fraction of sp³-hybridized carbons (Fsp3) is 0.462. The van der Waals surface area contributed by atoms with E-state index < -0.39 is 0 Å². The van der Waals surface area contributed by atoms with E-state index in [2.05, 4.69) is 23.8 Å². The summed E-state index contributed by atoms with van der Waals surface area (Å²) >= 11 is 7.67. The third kappa shape index (κ3) is 3.88. The second-order valence-corrected chi connectivity index (χ2v) is 6.35. The van der Waals surface area contributed by atoms with Gasteiger partial charge in [0.05, 0.1) is 13.1 Å². The number of nitrogens with two attached hydrogens (primary N) is 1. The molecule has 2 aromatic heterocycles. The maximum atomic E-state index is 11.1. The molecule has 0 saturated heterocycles. The predicted octanol–water partition coefficient (Wildman–Crippen LogP) is 2.29. The van der Waals surface area contributed by atoms with Gasteiger partial charge in [0.2, 0.25) is 5.91 Å². The number of aromatic nitrogens is 2. The van der Waals surface area contributed by atoms with Gasteiger partial charge in [0.25, 0.3) is 0 Å². The molecular formula is C13H17ClN4OS. The molecule has 0 unspecified atom stereocenters. The van der Waals surface area contributed by atoms with Crippen LogP contribution in [0.25, 0.3) is 10.2 Å². The van der Waals surface area contributed by atoms with Crippen LogP contribution in [-0.2, 0) is 11.3 Å². The van der Waals surface area contributed by atoms with Gasteiger partial charge in [-0.25, -0.2) is 9.97 Å². The van der Waals surface area contributed by atoms with Gasteiger partial charge in [-0.15, -0.1) is 11.3 Å². The molecule has 2 heterocycles. The van der Waals surface area contributed by atoms with Crippen molar-refractivity contribution in [2.24, 2.45) is 11.7 Å². The summed E-state index contributed by atoms with van der Waals surface area (Å²) in [5, 5.41) is 3.25. The Kier molecular flexibility index (Phi) is 4.91. The Hall–Kier alpha value is -1.24. The quantitative estimate of drug-likeness (QED) is 0.831. The van der Waals surface area contributed by atoms with Gasteiger partial charge < -0.3 is 5.73 Å². The third-order valence-electron chi connectivity index (χ3n) is 2.69. The summed E-state index contributed by atoms with van der Waals surface area (Å²) in [4.78, 5) is 22.7. The number of rotatable bonds is 6. The summed E-state index contributed by atoms with van der Waals surface area (Å²) in [6.07, 6.45) is 0. The van der Waals surface area contributed by atoms with Crippen molar-refractivity contribution in [3.8, 4) is 0 Å². The third-order valence-corrected chi connectivity index (χ3v) is 3.79. The minimum atomic E-state index is -0.353. The van der Waals surface area contributed by atoms with Crippen molar-refractivity contribution in [2.45, 2.75) is 20.4 Å². The molecule has 0 fully saturated rings. The molecule has 0 aliphatic rings. The van der Waals surface area contributed by atoms with Crippen LogP contribution in [0.5, 0.6) is 0 Å². The molecule has 5 nitrogen and oxygen atoms in total. The first-order valence-corrected chi connectivity index (χ1v) is 7.61. The fourth-order valence-electron chi connectivity index (χ4n) is 2.05. The molecule has 2 N–H and O–H groups in total. The Morgan fingerprint density at radius 2 is 2.25 bits per heavy atom. The summed E-state index contributed by atoms with van der Waals surface area (Å²) in [5.74, 6) is 0.691. The lowest BCUT2D eigenvalue weighted by atomic mass is 10.2. The molecule has 2 rings (SSSR count). The van der Waals surface area contributed by atoms with E-state index in [1.54, 1.807) is 0 Å². The summed E-state index contributed by atoms with van der Waals surface area (Å²) in [6.45, 7) is 5.59. The molecule has 7 heteroatoms. The molecule has 0 saturated carbocycles. The largest absolute Gasteiger partial charge is 0.369 e. The van der Waals surface area contributed by atoms with E-state index in [0.717, 1.165) is 16.8 Å². The SMILES string of the molecule is CC(C)CN(CC(N)=O)Cc1nc(Cl)c2ccsc2n1. The lowest BCUT2D eigenvalue weighted by Crippen LogP contribution is -2.36. The average molecular weight is 313 g/mol. The van der Waals surface area contributed by atoms with Crippen molar-refractivity contribution < 1.29 is 4.79 Å². The molecule has 1 amide bonds. The number of nitrogens with zero attached hydrogens (tertiary/aromatic N) is 3. The van der Waals surface area contributed by atoms with Gasteiger partial charge in [-0.2, -0.15) is 0 Å².